The average Bonchev–Trinajstić information content (AvgIpc) is 2.35. The minimum Gasteiger partial charge on any atom is -0.480 e. The number of hydrogen-bond donors (Lipinski definition) is 2. The number of halogens is 3. The molecular weight excluding hydrogens is 291 g/mol. The first-order chi connectivity index (χ1) is 9.69. The average molecular weight is 313 g/mol. The molecule has 0 bridgehead atoms. The van der Waals surface area contributed by atoms with Crippen LogP contribution < -0.4 is 5.32 Å². The number of carboxylic acid groups (broad SMARTS) is 1. The van der Waals surface area contributed by atoms with Crippen molar-refractivity contribution in [1.82, 2.24) is 15.1 Å². The van der Waals surface area contributed by atoms with Gasteiger partial charge in [0.05, 0.1) is 0 Å². The van der Waals surface area contributed by atoms with Crippen molar-refractivity contribution in [3.63, 3.8) is 0 Å². The highest BCUT2D eigenvalue weighted by molar-refractivity contribution is 5.80. The van der Waals surface area contributed by atoms with Crippen LogP contribution in [0.5, 0.6) is 0 Å². The van der Waals surface area contributed by atoms with E-state index in [1.54, 1.807) is 0 Å². The predicted molar refractivity (Wildman–Crippen MR) is 71.1 cm³/mol. The Balaban J connectivity index is 4.25. The molecule has 124 valence electrons. The molecule has 0 aromatic carbocycles. The Hall–Kier alpha value is -1.51. The molecule has 0 fully saturated rings. The van der Waals surface area contributed by atoms with Gasteiger partial charge in [-0.3, -0.25) is 4.79 Å². The molecule has 2 N–H and O–H groups in total. The third-order valence-electron chi connectivity index (χ3n) is 2.81. The number of nitrogens with zero attached hydrogens (tertiary/aromatic N) is 2. The fourth-order valence-electron chi connectivity index (χ4n) is 1.73. The van der Waals surface area contributed by atoms with E-state index in [1.165, 1.54) is 0 Å². The summed E-state index contributed by atoms with van der Waals surface area (Å²) in [6.45, 7) is 4.02. The number of nitrogens with one attached hydrogen (secondary N) is 1. The summed E-state index contributed by atoms with van der Waals surface area (Å²) in [5.41, 5.74) is 0. The molecule has 0 radical (unpaired) electrons. The second-order valence-corrected chi connectivity index (χ2v) is 4.48. The molecular formula is C12H22F3N3O3. The first-order valence-corrected chi connectivity index (χ1v) is 6.73. The van der Waals surface area contributed by atoms with Crippen LogP contribution in [0.15, 0.2) is 0 Å². The Morgan fingerprint density at radius 3 is 2.19 bits per heavy atom. The summed E-state index contributed by atoms with van der Waals surface area (Å²) < 4.78 is 36.8. The lowest BCUT2D eigenvalue weighted by molar-refractivity contribution is -0.148. The van der Waals surface area contributed by atoms with Crippen LogP contribution in [0.1, 0.15) is 20.3 Å². The quantitative estimate of drug-likeness (QED) is 0.631. The van der Waals surface area contributed by atoms with Crippen LogP contribution in [0.25, 0.3) is 0 Å². The van der Waals surface area contributed by atoms with Crippen molar-refractivity contribution in [3.05, 3.63) is 0 Å². The van der Waals surface area contributed by atoms with Crippen molar-refractivity contribution in [2.24, 2.45) is 0 Å². The van der Waals surface area contributed by atoms with Crippen LogP contribution >= 0.6 is 0 Å². The first kappa shape index (κ1) is 19.5. The number of rotatable bonds is 9. The molecule has 0 aliphatic carbocycles. The van der Waals surface area contributed by atoms with Crippen molar-refractivity contribution in [1.29, 1.82) is 0 Å². The van der Waals surface area contributed by atoms with E-state index in [0.29, 0.717) is 13.0 Å². The molecule has 0 aliphatic rings. The van der Waals surface area contributed by atoms with Crippen molar-refractivity contribution in [2.45, 2.75) is 26.4 Å². The Bertz CT molecular complexity index is 333. The normalized spacial score (nSPS) is 11.5. The van der Waals surface area contributed by atoms with Gasteiger partial charge >= 0.3 is 18.2 Å². The number of alkyl halides is 3. The SMILES string of the molecule is CCN(CC)CCCNC(=O)N(CC(=O)O)CC(F)(F)F. The highest BCUT2D eigenvalue weighted by Gasteiger charge is 2.33. The molecule has 21 heavy (non-hydrogen) atoms. The van der Waals surface area contributed by atoms with E-state index < -0.39 is 31.3 Å². The summed E-state index contributed by atoms with van der Waals surface area (Å²) in [7, 11) is 0. The molecule has 0 heterocycles. The summed E-state index contributed by atoms with van der Waals surface area (Å²) in [6.07, 6.45) is -4.05. The van der Waals surface area contributed by atoms with Crippen molar-refractivity contribution < 1.29 is 27.9 Å². The second-order valence-electron chi connectivity index (χ2n) is 4.48. The van der Waals surface area contributed by atoms with Gasteiger partial charge in [0.25, 0.3) is 0 Å². The van der Waals surface area contributed by atoms with Gasteiger partial charge in [-0.1, -0.05) is 13.8 Å². The molecule has 0 atom stereocenters. The van der Waals surface area contributed by atoms with Crippen LogP contribution in [0.4, 0.5) is 18.0 Å². The number of urea groups is 1. The molecule has 9 heteroatoms. The van der Waals surface area contributed by atoms with Gasteiger partial charge in [-0.05, 0) is 26.1 Å². The number of carboxylic acids is 1. The van der Waals surface area contributed by atoms with E-state index >= 15 is 0 Å². The maximum Gasteiger partial charge on any atom is 0.406 e. The molecule has 0 aliphatic heterocycles. The largest absolute Gasteiger partial charge is 0.480 e. The lowest BCUT2D eigenvalue weighted by Crippen LogP contribution is -2.47. The molecule has 0 aromatic heterocycles. The molecule has 0 saturated carbocycles. The topological polar surface area (TPSA) is 72.9 Å². The summed E-state index contributed by atoms with van der Waals surface area (Å²) >= 11 is 0. The third kappa shape index (κ3) is 9.94. The molecule has 2 amide bonds. The van der Waals surface area contributed by atoms with Gasteiger partial charge < -0.3 is 20.2 Å². The summed E-state index contributed by atoms with van der Waals surface area (Å²) in [6, 6.07) is -1.02. The van der Waals surface area contributed by atoms with E-state index in [0.717, 1.165) is 13.1 Å². The van der Waals surface area contributed by atoms with Crippen LogP contribution in [0.3, 0.4) is 0 Å². The Morgan fingerprint density at radius 2 is 1.76 bits per heavy atom. The van der Waals surface area contributed by atoms with E-state index in [9.17, 15) is 22.8 Å². The van der Waals surface area contributed by atoms with E-state index in [4.69, 9.17) is 5.11 Å². The highest BCUT2D eigenvalue weighted by Crippen LogP contribution is 2.16. The maximum absolute atomic E-state index is 12.3. The van der Waals surface area contributed by atoms with Crippen molar-refractivity contribution in [3.8, 4) is 0 Å². The van der Waals surface area contributed by atoms with E-state index in [-0.39, 0.29) is 11.4 Å². The fourth-order valence-corrected chi connectivity index (χ4v) is 1.73. The van der Waals surface area contributed by atoms with Crippen molar-refractivity contribution in [2.75, 3.05) is 39.3 Å². The Morgan fingerprint density at radius 1 is 1.19 bits per heavy atom. The van der Waals surface area contributed by atoms with Crippen LogP contribution in [0, 0.1) is 0 Å². The van der Waals surface area contributed by atoms with Gasteiger partial charge in [0.15, 0.2) is 0 Å². The molecule has 6 nitrogen and oxygen atoms in total. The highest BCUT2D eigenvalue weighted by atomic mass is 19.4. The molecule has 0 unspecified atom stereocenters. The molecule has 0 rings (SSSR count). The molecule has 0 aromatic rings. The van der Waals surface area contributed by atoms with Crippen LogP contribution in [-0.4, -0.2) is 72.4 Å². The van der Waals surface area contributed by atoms with Gasteiger partial charge in [-0.25, -0.2) is 4.79 Å². The van der Waals surface area contributed by atoms with Crippen molar-refractivity contribution >= 4 is 12.0 Å². The standard InChI is InChI=1S/C12H22F3N3O3/c1-3-17(4-2)7-5-6-16-11(21)18(8-10(19)20)9-12(13,14)15/h3-9H2,1-2H3,(H,16,21)(H,19,20). The summed E-state index contributed by atoms with van der Waals surface area (Å²) in [4.78, 5) is 24.4. The second kappa shape index (κ2) is 9.43. The predicted octanol–water partition coefficient (Wildman–Crippen LogP) is 1.38. The zero-order chi connectivity index (χ0) is 16.5. The first-order valence-electron chi connectivity index (χ1n) is 6.73. The summed E-state index contributed by atoms with van der Waals surface area (Å²) in [5, 5.41) is 10.9. The summed E-state index contributed by atoms with van der Waals surface area (Å²) in [5.74, 6) is -1.49. The lowest BCUT2D eigenvalue weighted by atomic mass is 10.3. The fraction of sp³-hybridized carbons (Fsp3) is 0.833. The van der Waals surface area contributed by atoms with Crippen LogP contribution in [-0.2, 0) is 4.79 Å². The molecule has 0 saturated heterocycles. The van der Waals surface area contributed by atoms with E-state index in [1.807, 2.05) is 13.8 Å². The van der Waals surface area contributed by atoms with Gasteiger partial charge in [0.1, 0.15) is 13.1 Å². The zero-order valence-electron chi connectivity index (χ0n) is 12.2. The Labute approximate surface area is 121 Å². The third-order valence-corrected chi connectivity index (χ3v) is 2.81. The Kier molecular flexibility index (Phi) is 8.75. The molecule has 0 spiro atoms. The minimum absolute atomic E-state index is 0.198. The smallest absolute Gasteiger partial charge is 0.406 e. The monoisotopic (exact) mass is 313 g/mol. The van der Waals surface area contributed by atoms with Gasteiger partial charge in [-0.15, -0.1) is 0 Å². The number of carbonyl (C=O) groups excluding carboxylic acids is 1. The van der Waals surface area contributed by atoms with Crippen LogP contribution in [0.2, 0.25) is 0 Å². The van der Waals surface area contributed by atoms with Gasteiger partial charge in [0.2, 0.25) is 0 Å². The number of carbonyl (C=O) groups is 2. The van der Waals surface area contributed by atoms with E-state index in [2.05, 4.69) is 10.2 Å². The minimum atomic E-state index is -4.63. The number of hydrogen-bond acceptors (Lipinski definition) is 3. The van der Waals surface area contributed by atoms with Gasteiger partial charge in [-0.2, -0.15) is 13.2 Å². The number of amides is 2. The van der Waals surface area contributed by atoms with Gasteiger partial charge in [0, 0.05) is 6.54 Å². The number of aliphatic carboxylic acids is 1. The maximum atomic E-state index is 12.3. The zero-order valence-corrected chi connectivity index (χ0v) is 12.2. The lowest BCUT2D eigenvalue weighted by Gasteiger charge is -2.23.